The highest BCUT2D eigenvalue weighted by molar-refractivity contribution is 7.10. The summed E-state index contributed by atoms with van der Waals surface area (Å²) in [6.07, 6.45) is 1.98. The number of ether oxygens (including phenoxy) is 2. The van der Waals surface area contributed by atoms with Gasteiger partial charge < -0.3 is 14.4 Å². The molecule has 6 heteroatoms. The number of methoxy groups -OCH3 is 1. The zero-order valence-corrected chi connectivity index (χ0v) is 12.7. The average molecular weight is 298 g/mol. The molecule has 20 heavy (non-hydrogen) atoms. The van der Waals surface area contributed by atoms with Crippen molar-refractivity contribution in [2.45, 2.75) is 19.0 Å². The third-order valence-electron chi connectivity index (χ3n) is 3.26. The van der Waals surface area contributed by atoms with Crippen LogP contribution in [0.2, 0.25) is 0 Å². The standard InChI is InChI=1S/C14H22N2O3S/c1-18-8-9-19-7-3-2-6-16-13(17)11-15-14(16)12-5-4-10-20-12/h4-5,10,14-15H,2-3,6-9,11H2,1H3. The van der Waals surface area contributed by atoms with Gasteiger partial charge in [0.05, 0.1) is 19.8 Å². The normalized spacial score (nSPS) is 18.9. The molecule has 2 rings (SSSR count). The molecule has 0 aliphatic carbocycles. The van der Waals surface area contributed by atoms with E-state index in [1.54, 1.807) is 18.4 Å². The van der Waals surface area contributed by atoms with Crippen molar-refractivity contribution < 1.29 is 14.3 Å². The fourth-order valence-corrected chi connectivity index (χ4v) is 3.04. The lowest BCUT2D eigenvalue weighted by Gasteiger charge is -2.23. The fourth-order valence-electron chi connectivity index (χ4n) is 2.23. The first-order chi connectivity index (χ1) is 9.83. The number of hydrogen-bond donors (Lipinski definition) is 1. The molecule has 0 radical (unpaired) electrons. The maximum atomic E-state index is 11.9. The molecule has 1 aromatic rings. The number of thiophene rings is 1. The van der Waals surface area contributed by atoms with Crippen LogP contribution in [-0.2, 0) is 14.3 Å². The summed E-state index contributed by atoms with van der Waals surface area (Å²) in [7, 11) is 1.67. The average Bonchev–Trinajstić information content (AvgIpc) is 3.08. The first-order valence-corrected chi connectivity index (χ1v) is 7.84. The molecule has 2 heterocycles. The largest absolute Gasteiger partial charge is 0.382 e. The van der Waals surface area contributed by atoms with E-state index in [4.69, 9.17) is 9.47 Å². The summed E-state index contributed by atoms with van der Waals surface area (Å²) in [6.45, 7) is 3.21. The predicted octanol–water partition coefficient (Wildman–Crippen LogP) is 1.62. The smallest absolute Gasteiger partial charge is 0.238 e. The highest BCUT2D eigenvalue weighted by Gasteiger charge is 2.31. The summed E-state index contributed by atoms with van der Waals surface area (Å²) in [6, 6.07) is 4.09. The minimum Gasteiger partial charge on any atom is -0.382 e. The second-order valence-electron chi connectivity index (χ2n) is 4.70. The molecule has 1 aliphatic heterocycles. The minimum atomic E-state index is 0.0527. The third-order valence-corrected chi connectivity index (χ3v) is 4.19. The van der Waals surface area contributed by atoms with Gasteiger partial charge in [-0.3, -0.25) is 10.1 Å². The van der Waals surface area contributed by atoms with Crippen LogP contribution in [-0.4, -0.2) is 50.8 Å². The van der Waals surface area contributed by atoms with Gasteiger partial charge in [0.25, 0.3) is 0 Å². The molecule has 5 nitrogen and oxygen atoms in total. The molecule has 1 aliphatic rings. The molecule has 1 fully saturated rings. The summed E-state index contributed by atoms with van der Waals surface area (Å²) < 4.78 is 10.3. The highest BCUT2D eigenvalue weighted by Crippen LogP contribution is 2.26. The van der Waals surface area contributed by atoms with Crippen LogP contribution in [0.25, 0.3) is 0 Å². The van der Waals surface area contributed by atoms with Crippen molar-refractivity contribution in [1.82, 2.24) is 10.2 Å². The van der Waals surface area contributed by atoms with Gasteiger partial charge in [0.2, 0.25) is 5.91 Å². The molecule has 1 aromatic heterocycles. The first-order valence-electron chi connectivity index (χ1n) is 6.96. The van der Waals surface area contributed by atoms with E-state index in [1.165, 1.54) is 4.88 Å². The Morgan fingerprint density at radius 2 is 2.30 bits per heavy atom. The van der Waals surface area contributed by atoms with E-state index < -0.39 is 0 Å². The van der Waals surface area contributed by atoms with Gasteiger partial charge in [-0.1, -0.05) is 6.07 Å². The Kier molecular flexibility index (Phi) is 6.46. The number of carbonyl (C=O) groups is 1. The molecular weight excluding hydrogens is 276 g/mol. The van der Waals surface area contributed by atoms with Crippen LogP contribution in [0.4, 0.5) is 0 Å². The Hall–Kier alpha value is -0.950. The molecule has 1 saturated heterocycles. The van der Waals surface area contributed by atoms with E-state index in [2.05, 4.69) is 11.4 Å². The van der Waals surface area contributed by atoms with Gasteiger partial charge in [0.1, 0.15) is 6.17 Å². The minimum absolute atomic E-state index is 0.0527. The van der Waals surface area contributed by atoms with Crippen LogP contribution in [0.3, 0.4) is 0 Å². The number of amides is 1. The lowest BCUT2D eigenvalue weighted by molar-refractivity contribution is -0.128. The lowest BCUT2D eigenvalue weighted by atomic mass is 10.2. The van der Waals surface area contributed by atoms with Crippen molar-refractivity contribution >= 4 is 17.2 Å². The van der Waals surface area contributed by atoms with Gasteiger partial charge in [-0.2, -0.15) is 0 Å². The quantitative estimate of drug-likeness (QED) is 0.704. The van der Waals surface area contributed by atoms with Crippen molar-refractivity contribution in [3.63, 3.8) is 0 Å². The van der Waals surface area contributed by atoms with Crippen LogP contribution in [0.15, 0.2) is 17.5 Å². The van der Waals surface area contributed by atoms with Gasteiger partial charge in [-0.15, -0.1) is 11.3 Å². The maximum Gasteiger partial charge on any atom is 0.238 e. The first kappa shape index (κ1) is 15.4. The van der Waals surface area contributed by atoms with Gasteiger partial charge in [0.15, 0.2) is 0 Å². The number of carbonyl (C=O) groups excluding carboxylic acids is 1. The van der Waals surface area contributed by atoms with Crippen molar-refractivity contribution in [3.8, 4) is 0 Å². The second-order valence-corrected chi connectivity index (χ2v) is 5.68. The molecule has 0 bridgehead atoms. The molecule has 112 valence electrons. The topological polar surface area (TPSA) is 50.8 Å². The van der Waals surface area contributed by atoms with Crippen molar-refractivity contribution in [2.24, 2.45) is 0 Å². The lowest BCUT2D eigenvalue weighted by Crippen LogP contribution is -2.30. The molecule has 1 atom stereocenters. The molecule has 1 unspecified atom stereocenters. The van der Waals surface area contributed by atoms with E-state index in [0.29, 0.717) is 19.8 Å². The van der Waals surface area contributed by atoms with Gasteiger partial charge >= 0.3 is 0 Å². The third kappa shape index (κ3) is 4.28. The zero-order valence-electron chi connectivity index (χ0n) is 11.8. The molecule has 0 spiro atoms. The fraction of sp³-hybridized carbons (Fsp3) is 0.643. The highest BCUT2D eigenvalue weighted by atomic mass is 32.1. The predicted molar refractivity (Wildman–Crippen MR) is 78.7 cm³/mol. The van der Waals surface area contributed by atoms with E-state index in [9.17, 15) is 4.79 Å². The Morgan fingerprint density at radius 3 is 3.05 bits per heavy atom. The maximum absolute atomic E-state index is 11.9. The second kappa shape index (κ2) is 8.36. The molecule has 0 aromatic carbocycles. The Balaban J connectivity index is 1.69. The molecule has 1 amide bonds. The Labute approximate surface area is 123 Å². The monoisotopic (exact) mass is 298 g/mol. The summed E-state index contributed by atoms with van der Waals surface area (Å²) >= 11 is 1.68. The summed E-state index contributed by atoms with van der Waals surface area (Å²) in [5.41, 5.74) is 0. The van der Waals surface area contributed by atoms with Crippen LogP contribution in [0.1, 0.15) is 23.9 Å². The number of nitrogens with zero attached hydrogens (tertiary/aromatic N) is 1. The summed E-state index contributed by atoms with van der Waals surface area (Å²) in [5, 5.41) is 5.31. The van der Waals surface area contributed by atoms with Gasteiger partial charge in [0, 0.05) is 25.1 Å². The van der Waals surface area contributed by atoms with E-state index >= 15 is 0 Å². The molecular formula is C14H22N2O3S. The van der Waals surface area contributed by atoms with E-state index in [-0.39, 0.29) is 12.1 Å². The number of nitrogens with one attached hydrogen (secondary N) is 1. The zero-order chi connectivity index (χ0) is 14.2. The Bertz CT molecular complexity index is 397. The van der Waals surface area contributed by atoms with Gasteiger partial charge in [-0.05, 0) is 24.3 Å². The number of rotatable bonds is 9. The van der Waals surface area contributed by atoms with E-state index in [0.717, 1.165) is 26.0 Å². The van der Waals surface area contributed by atoms with Crippen LogP contribution in [0, 0.1) is 0 Å². The van der Waals surface area contributed by atoms with Crippen LogP contribution < -0.4 is 5.32 Å². The summed E-state index contributed by atoms with van der Waals surface area (Å²) in [4.78, 5) is 15.0. The molecule has 1 N–H and O–H groups in total. The van der Waals surface area contributed by atoms with Crippen LogP contribution in [0.5, 0.6) is 0 Å². The van der Waals surface area contributed by atoms with Crippen molar-refractivity contribution in [2.75, 3.05) is 40.0 Å². The number of unbranched alkanes of at least 4 members (excludes halogenated alkanes) is 1. The molecule has 0 saturated carbocycles. The number of hydrogen-bond acceptors (Lipinski definition) is 5. The van der Waals surface area contributed by atoms with Gasteiger partial charge in [-0.25, -0.2) is 0 Å². The van der Waals surface area contributed by atoms with Crippen LogP contribution >= 0.6 is 11.3 Å². The SMILES string of the molecule is COCCOCCCCN1C(=O)CNC1c1cccs1. The van der Waals surface area contributed by atoms with E-state index in [1.807, 2.05) is 16.3 Å². The summed E-state index contributed by atoms with van der Waals surface area (Å²) in [5.74, 6) is 0.184. The van der Waals surface area contributed by atoms with Crippen molar-refractivity contribution in [1.29, 1.82) is 0 Å². The Morgan fingerprint density at radius 1 is 1.40 bits per heavy atom. The van der Waals surface area contributed by atoms with Crippen molar-refractivity contribution in [3.05, 3.63) is 22.4 Å².